The first-order valence-corrected chi connectivity index (χ1v) is 10.4. The zero-order valence-electron chi connectivity index (χ0n) is 16.7. The number of amides is 1. The van der Waals surface area contributed by atoms with Crippen LogP contribution in [0.4, 0.5) is 5.82 Å². The monoisotopic (exact) mass is 393 g/mol. The molecule has 0 radical (unpaired) electrons. The molecule has 5 rings (SSSR count). The SMILES string of the molecule is O=C(Nc1c2c(nn1-c1ccccc1)CCC2)c1ccc(Cc2ccccc2)cc1. The highest BCUT2D eigenvalue weighted by atomic mass is 16.1. The van der Waals surface area contributed by atoms with Crippen molar-refractivity contribution in [3.63, 3.8) is 0 Å². The Morgan fingerprint density at radius 1 is 0.833 bits per heavy atom. The second-order valence-corrected chi connectivity index (χ2v) is 7.69. The molecule has 4 nitrogen and oxygen atoms in total. The van der Waals surface area contributed by atoms with Crippen LogP contribution < -0.4 is 5.32 Å². The van der Waals surface area contributed by atoms with Gasteiger partial charge in [-0.05, 0) is 61.1 Å². The van der Waals surface area contributed by atoms with Crippen LogP contribution >= 0.6 is 0 Å². The molecule has 0 saturated heterocycles. The Labute approximate surface area is 176 Å². The van der Waals surface area contributed by atoms with Crippen molar-refractivity contribution in [3.8, 4) is 5.69 Å². The van der Waals surface area contributed by atoms with Crippen LogP contribution in [0, 0.1) is 0 Å². The van der Waals surface area contributed by atoms with Crippen molar-refractivity contribution in [1.29, 1.82) is 0 Å². The third-order valence-electron chi connectivity index (χ3n) is 5.61. The van der Waals surface area contributed by atoms with Gasteiger partial charge in [0, 0.05) is 11.1 Å². The van der Waals surface area contributed by atoms with Crippen molar-refractivity contribution < 1.29 is 4.79 Å². The second-order valence-electron chi connectivity index (χ2n) is 7.69. The van der Waals surface area contributed by atoms with E-state index in [0.717, 1.165) is 48.4 Å². The van der Waals surface area contributed by atoms with Gasteiger partial charge in [0.05, 0.1) is 11.4 Å². The summed E-state index contributed by atoms with van der Waals surface area (Å²) in [5.74, 6) is 0.695. The summed E-state index contributed by atoms with van der Waals surface area (Å²) in [4.78, 5) is 13.0. The maximum absolute atomic E-state index is 13.0. The molecule has 1 N–H and O–H groups in total. The number of fused-ring (bicyclic) bond motifs is 1. The number of rotatable bonds is 5. The van der Waals surface area contributed by atoms with Crippen molar-refractivity contribution >= 4 is 11.7 Å². The average molecular weight is 393 g/mol. The third-order valence-corrected chi connectivity index (χ3v) is 5.61. The minimum atomic E-state index is -0.104. The first kappa shape index (κ1) is 18.4. The second kappa shape index (κ2) is 7.99. The van der Waals surface area contributed by atoms with Gasteiger partial charge in [-0.1, -0.05) is 60.7 Å². The molecule has 0 spiro atoms. The molecule has 148 valence electrons. The molecule has 0 atom stereocenters. The van der Waals surface area contributed by atoms with Gasteiger partial charge in [-0.15, -0.1) is 0 Å². The lowest BCUT2D eigenvalue weighted by Crippen LogP contribution is -2.16. The predicted octanol–water partition coefficient (Wildman–Crippen LogP) is 5.20. The number of nitrogens with zero attached hydrogens (tertiary/aromatic N) is 2. The molecule has 0 fully saturated rings. The smallest absolute Gasteiger partial charge is 0.256 e. The van der Waals surface area contributed by atoms with Gasteiger partial charge in [-0.3, -0.25) is 4.79 Å². The average Bonchev–Trinajstić information content (AvgIpc) is 3.38. The zero-order valence-corrected chi connectivity index (χ0v) is 16.7. The molecular formula is C26H23N3O. The number of nitrogens with one attached hydrogen (secondary N) is 1. The maximum Gasteiger partial charge on any atom is 0.256 e. The van der Waals surface area contributed by atoms with Gasteiger partial charge < -0.3 is 5.32 Å². The molecule has 0 aliphatic heterocycles. The van der Waals surface area contributed by atoms with Crippen LogP contribution in [0.5, 0.6) is 0 Å². The summed E-state index contributed by atoms with van der Waals surface area (Å²) in [5.41, 5.74) is 6.31. The molecule has 1 heterocycles. The minimum absolute atomic E-state index is 0.104. The van der Waals surface area contributed by atoms with E-state index in [1.54, 1.807) is 0 Å². The van der Waals surface area contributed by atoms with E-state index in [1.807, 2.05) is 77.5 Å². The molecule has 4 heteroatoms. The number of hydrogen-bond acceptors (Lipinski definition) is 2. The summed E-state index contributed by atoms with van der Waals surface area (Å²) in [5, 5.41) is 7.91. The van der Waals surface area contributed by atoms with Gasteiger partial charge in [-0.2, -0.15) is 5.10 Å². The largest absolute Gasteiger partial charge is 0.306 e. The minimum Gasteiger partial charge on any atom is -0.306 e. The standard InChI is InChI=1S/C26H23N3O/c30-26(21-16-14-20(15-17-21)18-19-8-3-1-4-9-19)27-25-23-12-7-13-24(23)28-29(25)22-10-5-2-6-11-22/h1-6,8-11,14-17H,7,12-13,18H2,(H,27,30). The predicted molar refractivity (Wildman–Crippen MR) is 119 cm³/mol. The number of anilines is 1. The van der Waals surface area contributed by atoms with E-state index < -0.39 is 0 Å². The van der Waals surface area contributed by atoms with E-state index in [-0.39, 0.29) is 5.91 Å². The van der Waals surface area contributed by atoms with Crippen LogP contribution in [-0.2, 0) is 19.3 Å². The quantitative estimate of drug-likeness (QED) is 0.506. The van der Waals surface area contributed by atoms with Gasteiger partial charge in [0.2, 0.25) is 0 Å². The van der Waals surface area contributed by atoms with Crippen molar-refractivity contribution in [3.05, 3.63) is 113 Å². The molecule has 30 heavy (non-hydrogen) atoms. The third kappa shape index (κ3) is 3.64. The van der Waals surface area contributed by atoms with Crippen LogP contribution in [0.3, 0.4) is 0 Å². The maximum atomic E-state index is 13.0. The molecule has 0 bridgehead atoms. The van der Waals surface area contributed by atoms with Crippen LogP contribution in [0.2, 0.25) is 0 Å². The van der Waals surface area contributed by atoms with Crippen molar-refractivity contribution in [2.24, 2.45) is 0 Å². The Bertz CT molecular complexity index is 1160. The molecule has 0 saturated carbocycles. The van der Waals surface area contributed by atoms with Gasteiger partial charge in [0.25, 0.3) is 5.91 Å². The topological polar surface area (TPSA) is 46.9 Å². The molecular weight excluding hydrogens is 370 g/mol. The zero-order chi connectivity index (χ0) is 20.3. The van der Waals surface area contributed by atoms with E-state index >= 15 is 0 Å². The highest BCUT2D eigenvalue weighted by Gasteiger charge is 2.24. The lowest BCUT2D eigenvalue weighted by molar-refractivity contribution is 0.102. The number of carbonyl (C=O) groups excluding carboxylic acids is 1. The Hall–Kier alpha value is -3.66. The summed E-state index contributed by atoms with van der Waals surface area (Å²) in [7, 11) is 0. The van der Waals surface area contributed by atoms with Crippen LogP contribution in [0.15, 0.2) is 84.9 Å². The number of benzene rings is 3. The van der Waals surface area contributed by atoms with Gasteiger partial charge in [0.1, 0.15) is 5.82 Å². The highest BCUT2D eigenvalue weighted by Crippen LogP contribution is 2.31. The number of carbonyl (C=O) groups is 1. The van der Waals surface area contributed by atoms with Gasteiger partial charge in [0.15, 0.2) is 0 Å². The highest BCUT2D eigenvalue weighted by molar-refractivity contribution is 6.04. The number of aromatic nitrogens is 2. The van der Waals surface area contributed by atoms with Gasteiger partial charge >= 0.3 is 0 Å². The van der Waals surface area contributed by atoms with Crippen molar-refractivity contribution in [2.45, 2.75) is 25.7 Å². The normalized spacial score (nSPS) is 12.5. The fraction of sp³-hybridized carbons (Fsp3) is 0.154. The number of hydrogen-bond donors (Lipinski definition) is 1. The lowest BCUT2D eigenvalue weighted by Gasteiger charge is -2.11. The molecule has 3 aromatic carbocycles. The Morgan fingerprint density at radius 3 is 2.23 bits per heavy atom. The van der Waals surface area contributed by atoms with Crippen molar-refractivity contribution in [1.82, 2.24) is 9.78 Å². The van der Waals surface area contributed by atoms with Crippen LogP contribution in [0.1, 0.15) is 39.2 Å². The Morgan fingerprint density at radius 2 is 1.50 bits per heavy atom. The summed E-state index contributed by atoms with van der Waals surface area (Å²) >= 11 is 0. The summed E-state index contributed by atoms with van der Waals surface area (Å²) in [6.07, 6.45) is 3.86. The Kier molecular flexibility index (Phi) is 4.89. The van der Waals surface area contributed by atoms with E-state index in [1.165, 1.54) is 11.1 Å². The molecule has 1 aromatic heterocycles. The van der Waals surface area contributed by atoms with Gasteiger partial charge in [-0.25, -0.2) is 4.68 Å². The van der Waals surface area contributed by atoms with Crippen molar-refractivity contribution in [2.75, 3.05) is 5.32 Å². The summed E-state index contributed by atoms with van der Waals surface area (Å²) < 4.78 is 1.87. The summed E-state index contributed by atoms with van der Waals surface area (Å²) in [6.45, 7) is 0. The molecule has 1 amide bonds. The molecule has 1 aliphatic rings. The Balaban J connectivity index is 1.38. The molecule has 1 aliphatic carbocycles. The first-order chi connectivity index (χ1) is 14.8. The fourth-order valence-electron chi connectivity index (χ4n) is 4.06. The van der Waals surface area contributed by atoms with E-state index in [9.17, 15) is 4.79 Å². The first-order valence-electron chi connectivity index (χ1n) is 10.4. The number of aryl methyl sites for hydroxylation is 1. The van der Waals surface area contributed by atoms with Crippen LogP contribution in [0.25, 0.3) is 5.69 Å². The molecule has 0 unspecified atom stereocenters. The van der Waals surface area contributed by atoms with E-state index in [0.29, 0.717) is 5.56 Å². The van der Waals surface area contributed by atoms with E-state index in [4.69, 9.17) is 5.10 Å². The molecule has 4 aromatic rings. The van der Waals surface area contributed by atoms with Crippen LogP contribution in [-0.4, -0.2) is 15.7 Å². The number of para-hydroxylation sites is 1. The summed E-state index contributed by atoms with van der Waals surface area (Å²) in [6, 6.07) is 28.2. The fourth-order valence-corrected chi connectivity index (χ4v) is 4.06. The van der Waals surface area contributed by atoms with E-state index in [2.05, 4.69) is 17.4 Å². The lowest BCUT2D eigenvalue weighted by atomic mass is 10.0.